The summed E-state index contributed by atoms with van der Waals surface area (Å²) in [6.07, 6.45) is -0.499. The zero-order valence-corrected chi connectivity index (χ0v) is 12.9. The minimum atomic E-state index is -0.499. The largest absolute Gasteiger partial charge is 0.497 e. The van der Waals surface area contributed by atoms with Crippen LogP contribution < -0.4 is 10.1 Å². The van der Waals surface area contributed by atoms with Crippen LogP contribution in [0, 0.1) is 0 Å². The molecule has 0 aromatic heterocycles. The molecule has 0 aliphatic heterocycles. The standard InChI is InChI=1S/C16H18BrNO2/c1-20-14-7-8-15(17)13(9-14)10-18-11-16(19)12-5-3-2-4-6-12/h2-9,16,18-19H,10-11H2,1H3. The fraction of sp³-hybridized carbons (Fsp3) is 0.250. The molecule has 4 heteroatoms. The molecule has 20 heavy (non-hydrogen) atoms. The first-order valence-corrected chi connectivity index (χ1v) is 7.26. The van der Waals surface area contributed by atoms with Crippen molar-refractivity contribution in [2.75, 3.05) is 13.7 Å². The van der Waals surface area contributed by atoms with Crippen LogP contribution in [-0.4, -0.2) is 18.8 Å². The van der Waals surface area contributed by atoms with Crippen LogP contribution in [0.4, 0.5) is 0 Å². The van der Waals surface area contributed by atoms with Gasteiger partial charge in [-0.25, -0.2) is 0 Å². The highest BCUT2D eigenvalue weighted by Gasteiger charge is 2.07. The lowest BCUT2D eigenvalue weighted by Gasteiger charge is -2.13. The Hall–Kier alpha value is -1.36. The molecule has 0 aliphatic carbocycles. The molecule has 1 atom stereocenters. The highest BCUT2D eigenvalue weighted by atomic mass is 79.9. The number of rotatable bonds is 6. The maximum absolute atomic E-state index is 10.1. The van der Waals surface area contributed by atoms with Gasteiger partial charge in [-0.15, -0.1) is 0 Å². The molecule has 106 valence electrons. The van der Waals surface area contributed by atoms with E-state index in [2.05, 4.69) is 21.2 Å². The van der Waals surface area contributed by atoms with E-state index in [4.69, 9.17) is 4.74 Å². The molecule has 2 aromatic carbocycles. The summed E-state index contributed by atoms with van der Waals surface area (Å²) < 4.78 is 6.24. The molecule has 1 unspecified atom stereocenters. The van der Waals surface area contributed by atoms with Crippen molar-refractivity contribution in [2.45, 2.75) is 12.6 Å². The van der Waals surface area contributed by atoms with Crippen LogP contribution in [-0.2, 0) is 6.54 Å². The van der Waals surface area contributed by atoms with E-state index in [1.54, 1.807) is 7.11 Å². The van der Waals surface area contributed by atoms with Crippen molar-refractivity contribution in [3.63, 3.8) is 0 Å². The summed E-state index contributed by atoms with van der Waals surface area (Å²) in [7, 11) is 1.65. The van der Waals surface area contributed by atoms with Crippen molar-refractivity contribution in [1.82, 2.24) is 5.32 Å². The predicted molar refractivity (Wildman–Crippen MR) is 83.8 cm³/mol. The molecule has 0 amide bonds. The van der Waals surface area contributed by atoms with Crippen LogP contribution in [0.5, 0.6) is 5.75 Å². The van der Waals surface area contributed by atoms with Crippen molar-refractivity contribution in [1.29, 1.82) is 0 Å². The molecule has 0 radical (unpaired) electrons. The molecular weight excluding hydrogens is 318 g/mol. The molecule has 0 heterocycles. The Balaban J connectivity index is 1.90. The van der Waals surface area contributed by atoms with Gasteiger partial charge in [-0.3, -0.25) is 0 Å². The van der Waals surface area contributed by atoms with Gasteiger partial charge in [-0.05, 0) is 29.3 Å². The highest BCUT2D eigenvalue weighted by molar-refractivity contribution is 9.10. The van der Waals surface area contributed by atoms with Crippen LogP contribution in [0.3, 0.4) is 0 Å². The van der Waals surface area contributed by atoms with Gasteiger partial charge in [0, 0.05) is 17.6 Å². The average Bonchev–Trinajstić information content (AvgIpc) is 2.50. The summed E-state index contributed by atoms with van der Waals surface area (Å²) >= 11 is 3.51. The number of aliphatic hydroxyl groups is 1. The number of hydrogen-bond donors (Lipinski definition) is 2. The lowest BCUT2D eigenvalue weighted by molar-refractivity contribution is 0.174. The summed E-state index contributed by atoms with van der Waals surface area (Å²) in [6, 6.07) is 15.5. The smallest absolute Gasteiger partial charge is 0.119 e. The van der Waals surface area contributed by atoms with E-state index in [1.807, 2.05) is 48.5 Å². The van der Waals surface area contributed by atoms with Crippen molar-refractivity contribution in [2.24, 2.45) is 0 Å². The van der Waals surface area contributed by atoms with Crippen molar-refractivity contribution < 1.29 is 9.84 Å². The SMILES string of the molecule is COc1ccc(Br)c(CNCC(O)c2ccccc2)c1. The maximum Gasteiger partial charge on any atom is 0.119 e. The van der Waals surface area contributed by atoms with E-state index in [0.717, 1.165) is 21.3 Å². The second kappa shape index (κ2) is 7.43. The Morgan fingerprint density at radius 2 is 1.95 bits per heavy atom. The molecule has 0 saturated heterocycles. The van der Waals surface area contributed by atoms with Gasteiger partial charge in [0.05, 0.1) is 13.2 Å². The lowest BCUT2D eigenvalue weighted by atomic mass is 10.1. The van der Waals surface area contributed by atoms with Crippen molar-refractivity contribution in [3.8, 4) is 5.75 Å². The van der Waals surface area contributed by atoms with Gasteiger partial charge in [0.2, 0.25) is 0 Å². The molecule has 0 saturated carbocycles. The topological polar surface area (TPSA) is 41.5 Å². The molecule has 2 aromatic rings. The summed E-state index contributed by atoms with van der Waals surface area (Å²) in [4.78, 5) is 0. The Labute approximate surface area is 127 Å². The summed E-state index contributed by atoms with van der Waals surface area (Å²) in [5, 5.41) is 13.3. The Bertz CT molecular complexity index is 545. The molecule has 0 fully saturated rings. The van der Waals surface area contributed by atoms with Crippen LogP contribution in [0.15, 0.2) is 53.0 Å². The van der Waals surface area contributed by atoms with Gasteiger partial charge in [0.25, 0.3) is 0 Å². The van der Waals surface area contributed by atoms with Crippen molar-refractivity contribution in [3.05, 3.63) is 64.1 Å². The van der Waals surface area contributed by atoms with Gasteiger partial charge in [-0.2, -0.15) is 0 Å². The minimum Gasteiger partial charge on any atom is -0.497 e. The van der Waals surface area contributed by atoms with E-state index < -0.39 is 6.10 Å². The third kappa shape index (κ3) is 4.07. The number of aliphatic hydroxyl groups excluding tert-OH is 1. The Kier molecular flexibility index (Phi) is 5.59. The lowest BCUT2D eigenvalue weighted by Crippen LogP contribution is -2.21. The molecule has 0 spiro atoms. The maximum atomic E-state index is 10.1. The Morgan fingerprint density at radius 1 is 1.20 bits per heavy atom. The number of halogens is 1. The fourth-order valence-electron chi connectivity index (χ4n) is 1.95. The first-order valence-electron chi connectivity index (χ1n) is 6.47. The van der Waals surface area contributed by atoms with Crippen LogP contribution in [0.1, 0.15) is 17.2 Å². The first kappa shape index (κ1) is 15.0. The van der Waals surface area contributed by atoms with Gasteiger partial charge >= 0.3 is 0 Å². The molecule has 0 aliphatic rings. The van der Waals surface area contributed by atoms with Gasteiger partial charge in [0.1, 0.15) is 5.75 Å². The second-order valence-electron chi connectivity index (χ2n) is 4.51. The van der Waals surface area contributed by atoms with E-state index in [1.165, 1.54) is 0 Å². The third-order valence-corrected chi connectivity index (χ3v) is 3.86. The molecule has 2 N–H and O–H groups in total. The van der Waals surface area contributed by atoms with Gasteiger partial charge < -0.3 is 15.2 Å². The predicted octanol–water partition coefficient (Wildman–Crippen LogP) is 3.28. The van der Waals surface area contributed by atoms with Crippen LogP contribution in [0.2, 0.25) is 0 Å². The third-order valence-electron chi connectivity index (χ3n) is 3.09. The van der Waals surface area contributed by atoms with E-state index in [0.29, 0.717) is 13.1 Å². The monoisotopic (exact) mass is 335 g/mol. The van der Waals surface area contributed by atoms with E-state index in [-0.39, 0.29) is 0 Å². The summed E-state index contributed by atoms with van der Waals surface area (Å²) in [6.45, 7) is 1.18. The zero-order chi connectivity index (χ0) is 14.4. The second-order valence-corrected chi connectivity index (χ2v) is 5.37. The number of nitrogens with one attached hydrogen (secondary N) is 1. The average molecular weight is 336 g/mol. The normalized spacial score (nSPS) is 12.2. The molecule has 3 nitrogen and oxygen atoms in total. The highest BCUT2D eigenvalue weighted by Crippen LogP contribution is 2.22. The van der Waals surface area contributed by atoms with Gasteiger partial charge in [-0.1, -0.05) is 46.3 Å². The minimum absolute atomic E-state index is 0.499. The molecule has 2 rings (SSSR count). The quantitative estimate of drug-likeness (QED) is 0.851. The van der Waals surface area contributed by atoms with Crippen LogP contribution >= 0.6 is 15.9 Å². The molecule has 0 bridgehead atoms. The summed E-state index contributed by atoms with van der Waals surface area (Å²) in [5.41, 5.74) is 2.02. The number of hydrogen-bond acceptors (Lipinski definition) is 3. The van der Waals surface area contributed by atoms with Crippen LogP contribution in [0.25, 0.3) is 0 Å². The van der Waals surface area contributed by atoms with Gasteiger partial charge in [0.15, 0.2) is 0 Å². The summed E-state index contributed by atoms with van der Waals surface area (Å²) in [5.74, 6) is 0.827. The fourth-order valence-corrected chi connectivity index (χ4v) is 2.34. The number of methoxy groups -OCH3 is 1. The number of ether oxygens (including phenoxy) is 1. The first-order chi connectivity index (χ1) is 9.70. The Morgan fingerprint density at radius 3 is 2.65 bits per heavy atom. The van der Waals surface area contributed by atoms with Crippen molar-refractivity contribution >= 4 is 15.9 Å². The van der Waals surface area contributed by atoms with E-state index in [9.17, 15) is 5.11 Å². The van der Waals surface area contributed by atoms with E-state index >= 15 is 0 Å². The number of benzene rings is 2. The zero-order valence-electron chi connectivity index (χ0n) is 11.3. The molecular formula is C16H18BrNO2.